The molecule has 1 aromatic rings. The highest BCUT2D eigenvalue weighted by atomic mass is 16.5. The second kappa shape index (κ2) is 16.0. The van der Waals surface area contributed by atoms with Crippen molar-refractivity contribution in [2.75, 3.05) is 20.1 Å². The summed E-state index contributed by atoms with van der Waals surface area (Å²) in [4.78, 5) is 2.33. The van der Waals surface area contributed by atoms with Gasteiger partial charge in [-0.2, -0.15) is 0 Å². The zero-order chi connectivity index (χ0) is 15.8. The first-order valence-electron chi connectivity index (χ1n) is 8.25. The number of rotatable bonds is 2. The van der Waals surface area contributed by atoms with Crippen LogP contribution in [-0.4, -0.2) is 31.1 Å². The zero-order valence-electron chi connectivity index (χ0n) is 14.6. The summed E-state index contributed by atoms with van der Waals surface area (Å²) in [5.41, 5.74) is 0. The molecule has 1 unspecified atom stereocenters. The molecule has 2 heteroatoms. The van der Waals surface area contributed by atoms with E-state index in [-0.39, 0.29) is 0 Å². The molecule has 1 saturated heterocycles. The Morgan fingerprint density at radius 3 is 2.00 bits per heavy atom. The first kappa shape index (κ1) is 21.3. The van der Waals surface area contributed by atoms with Gasteiger partial charge in [0.15, 0.2) is 0 Å². The molecule has 0 spiro atoms. The van der Waals surface area contributed by atoms with Crippen molar-refractivity contribution in [3.63, 3.8) is 0 Å². The number of hydrogen-bond acceptors (Lipinski definition) is 2. The minimum absolute atomic E-state index is 0.371. The van der Waals surface area contributed by atoms with Crippen LogP contribution in [0.3, 0.4) is 0 Å². The Morgan fingerprint density at radius 2 is 1.50 bits per heavy atom. The van der Waals surface area contributed by atoms with Crippen molar-refractivity contribution in [2.24, 2.45) is 0 Å². The molecule has 1 aromatic carbocycles. The molecule has 20 heavy (non-hydrogen) atoms. The minimum Gasteiger partial charge on any atom is -0.489 e. The van der Waals surface area contributed by atoms with Crippen molar-refractivity contribution in [3.05, 3.63) is 30.3 Å². The molecule has 0 bridgehead atoms. The molecular formula is C18H35NO. The number of para-hydroxylation sites is 1. The van der Waals surface area contributed by atoms with Gasteiger partial charge in [0.05, 0.1) is 0 Å². The van der Waals surface area contributed by atoms with Gasteiger partial charge in [0.1, 0.15) is 11.9 Å². The molecule has 0 saturated carbocycles. The van der Waals surface area contributed by atoms with Crippen LogP contribution in [0.1, 0.15) is 54.4 Å². The summed E-state index contributed by atoms with van der Waals surface area (Å²) < 4.78 is 5.88. The maximum atomic E-state index is 5.88. The van der Waals surface area contributed by atoms with Gasteiger partial charge in [-0.25, -0.2) is 0 Å². The van der Waals surface area contributed by atoms with E-state index in [1.807, 2.05) is 71.9 Å². The third-order valence-electron chi connectivity index (χ3n) is 2.63. The van der Waals surface area contributed by atoms with Gasteiger partial charge in [-0.05, 0) is 38.6 Å². The SMILES string of the molecule is CC.CC.CC.CN1CCCC(Oc2ccccc2)C1. The quantitative estimate of drug-likeness (QED) is 0.735. The van der Waals surface area contributed by atoms with Crippen molar-refractivity contribution < 1.29 is 4.74 Å². The third kappa shape index (κ3) is 9.85. The lowest BCUT2D eigenvalue weighted by Gasteiger charge is -2.29. The molecule has 1 fully saturated rings. The van der Waals surface area contributed by atoms with Gasteiger partial charge in [0.2, 0.25) is 0 Å². The van der Waals surface area contributed by atoms with Crippen LogP contribution in [0.2, 0.25) is 0 Å². The van der Waals surface area contributed by atoms with Crippen LogP contribution in [-0.2, 0) is 0 Å². The highest BCUT2D eigenvalue weighted by Gasteiger charge is 2.18. The second-order valence-electron chi connectivity index (χ2n) is 3.96. The number of likely N-dealkylation sites (N-methyl/N-ethyl adjacent to an activating group) is 1. The molecule has 118 valence electrons. The van der Waals surface area contributed by atoms with Crippen LogP contribution in [0.15, 0.2) is 30.3 Å². The Kier molecular flexibility index (Phi) is 17.1. The van der Waals surface area contributed by atoms with Crippen molar-refractivity contribution in [1.82, 2.24) is 4.90 Å². The predicted molar refractivity (Wildman–Crippen MR) is 91.6 cm³/mol. The van der Waals surface area contributed by atoms with E-state index in [9.17, 15) is 0 Å². The van der Waals surface area contributed by atoms with E-state index in [1.165, 1.54) is 19.4 Å². The number of likely N-dealkylation sites (tertiary alicyclic amines) is 1. The van der Waals surface area contributed by atoms with Gasteiger partial charge >= 0.3 is 0 Å². The fraction of sp³-hybridized carbons (Fsp3) is 0.667. The lowest BCUT2D eigenvalue weighted by atomic mass is 10.1. The number of piperidine rings is 1. The topological polar surface area (TPSA) is 12.5 Å². The van der Waals surface area contributed by atoms with Gasteiger partial charge in [-0.3, -0.25) is 0 Å². The van der Waals surface area contributed by atoms with Crippen LogP contribution in [0, 0.1) is 0 Å². The molecule has 1 aliphatic heterocycles. The number of ether oxygens (including phenoxy) is 1. The van der Waals surface area contributed by atoms with E-state index in [1.54, 1.807) is 0 Å². The van der Waals surface area contributed by atoms with E-state index in [0.717, 1.165) is 12.3 Å². The Bertz CT molecular complexity index is 274. The van der Waals surface area contributed by atoms with Crippen LogP contribution >= 0.6 is 0 Å². The summed E-state index contributed by atoms with van der Waals surface area (Å²) in [6.07, 6.45) is 2.80. The molecule has 0 aromatic heterocycles. The standard InChI is InChI=1S/C12H17NO.3C2H6/c1-13-9-5-8-12(10-13)14-11-6-3-2-4-7-11;3*1-2/h2-4,6-7,12H,5,8-10H2,1H3;3*1-2H3. The van der Waals surface area contributed by atoms with Crippen LogP contribution < -0.4 is 4.74 Å². The summed E-state index contributed by atoms with van der Waals surface area (Å²) in [6.45, 7) is 14.3. The van der Waals surface area contributed by atoms with Gasteiger partial charge in [-0.15, -0.1) is 0 Å². The first-order chi connectivity index (χ1) is 9.84. The zero-order valence-corrected chi connectivity index (χ0v) is 14.6. The lowest BCUT2D eigenvalue weighted by molar-refractivity contribution is 0.104. The van der Waals surface area contributed by atoms with Crippen molar-refractivity contribution >= 4 is 0 Å². The summed E-state index contributed by atoms with van der Waals surface area (Å²) in [5.74, 6) is 0.993. The van der Waals surface area contributed by atoms with E-state index in [0.29, 0.717) is 6.10 Å². The number of benzene rings is 1. The maximum Gasteiger partial charge on any atom is 0.119 e. The van der Waals surface area contributed by atoms with Gasteiger partial charge < -0.3 is 9.64 Å². The molecule has 1 atom stereocenters. The number of nitrogens with zero attached hydrogens (tertiary/aromatic N) is 1. The van der Waals surface area contributed by atoms with Crippen LogP contribution in [0.25, 0.3) is 0 Å². The van der Waals surface area contributed by atoms with Gasteiger partial charge in [-0.1, -0.05) is 59.7 Å². The summed E-state index contributed by atoms with van der Waals surface area (Å²) in [6, 6.07) is 10.1. The minimum atomic E-state index is 0.371. The second-order valence-corrected chi connectivity index (χ2v) is 3.96. The van der Waals surface area contributed by atoms with Crippen molar-refractivity contribution in [1.29, 1.82) is 0 Å². The average Bonchev–Trinajstić information content (AvgIpc) is 2.54. The van der Waals surface area contributed by atoms with Gasteiger partial charge in [0.25, 0.3) is 0 Å². The molecule has 1 aliphatic rings. The monoisotopic (exact) mass is 281 g/mol. The van der Waals surface area contributed by atoms with Crippen molar-refractivity contribution in [3.8, 4) is 5.75 Å². The molecule has 2 rings (SSSR count). The van der Waals surface area contributed by atoms with Crippen LogP contribution in [0.4, 0.5) is 0 Å². The van der Waals surface area contributed by atoms with Crippen molar-refractivity contribution in [2.45, 2.75) is 60.5 Å². The normalized spacial score (nSPS) is 17.2. The maximum absolute atomic E-state index is 5.88. The Hall–Kier alpha value is -1.02. The highest BCUT2D eigenvalue weighted by Crippen LogP contribution is 2.16. The summed E-state index contributed by atoms with van der Waals surface area (Å²) >= 11 is 0. The third-order valence-corrected chi connectivity index (χ3v) is 2.63. The van der Waals surface area contributed by atoms with Crippen LogP contribution in [0.5, 0.6) is 5.75 Å². The Labute approximate surface area is 127 Å². The average molecular weight is 281 g/mol. The molecule has 0 aliphatic carbocycles. The fourth-order valence-electron chi connectivity index (χ4n) is 1.91. The summed E-state index contributed by atoms with van der Waals surface area (Å²) in [7, 11) is 2.15. The van der Waals surface area contributed by atoms with E-state index >= 15 is 0 Å². The first-order valence-corrected chi connectivity index (χ1v) is 8.25. The van der Waals surface area contributed by atoms with E-state index < -0.39 is 0 Å². The molecular weight excluding hydrogens is 246 g/mol. The largest absolute Gasteiger partial charge is 0.489 e. The lowest BCUT2D eigenvalue weighted by Crippen LogP contribution is -2.38. The van der Waals surface area contributed by atoms with E-state index in [4.69, 9.17) is 4.74 Å². The Balaban J connectivity index is 0. The summed E-state index contributed by atoms with van der Waals surface area (Å²) in [5, 5.41) is 0. The smallest absolute Gasteiger partial charge is 0.119 e. The highest BCUT2D eigenvalue weighted by molar-refractivity contribution is 5.21. The van der Waals surface area contributed by atoms with Gasteiger partial charge in [0, 0.05) is 6.54 Å². The molecule has 0 amide bonds. The molecule has 1 heterocycles. The number of hydrogen-bond donors (Lipinski definition) is 0. The fourth-order valence-corrected chi connectivity index (χ4v) is 1.91. The van der Waals surface area contributed by atoms with E-state index in [2.05, 4.69) is 11.9 Å². The molecule has 0 radical (unpaired) electrons. The Morgan fingerprint density at radius 1 is 0.950 bits per heavy atom. The predicted octanol–water partition coefficient (Wildman–Crippen LogP) is 5.24. The molecule has 0 N–H and O–H groups in total. The molecule has 2 nitrogen and oxygen atoms in total.